The van der Waals surface area contributed by atoms with Crippen LogP contribution >= 0.6 is 15.9 Å². The molecule has 96 valence electrons. The molecule has 1 unspecified atom stereocenters. The molecule has 0 spiro atoms. The maximum atomic E-state index is 9.67. The number of nitrogens with one attached hydrogen (secondary N) is 1. The number of methoxy groups -OCH3 is 2. The van der Waals surface area contributed by atoms with Gasteiger partial charge in [-0.2, -0.15) is 0 Å². The third-order valence-corrected chi connectivity index (χ3v) is 2.98. The van der Waals surface area contributed by atoms with Crippen LogP contribution in [-0.4, -0.2) is 32.0 Å². The summed E-state index contributed by atoms with van der Waals surface area (Å²) in [5.41, 5.74) is 1.04. The topological polar surface area (TPSA) is 50.7 Å². The number of hydrogen-bond donors (Lipinski definition) is 2. The van der Waals surface area contributed by atoms with E-state index < -0.39 is 0 Å². The average molecular weight is 304 g/mol. The highest BCUT2D eigenvalue weighted by Gasteiger charge is 2.09. The van der Waals surface area contributed by atoms with Gasteiger partial charge in [-0.15, -0.1) is 0 Å². The van der Waals surface area contributed by atoms with Gasteiger partial charge in [0.1, 0.15) is 0 Å². The van der Waals surface area contributed by atoms with E-state index in [9.17, 15) is 5.11 Å². The summed E-state index contributed by atoms with van der Waals surface area (Å²) >= 11 is 3.29. The van der Waals surface area contributed by atoms with Crippen molar-refractivity contribution in [1.29, 1.82) is 0 Å². The Bertz CT molecular complexity index is 371. The number of benzene rings is 1. The summed E-state index contributed by atoms with van der Waals surface area (Å²) in [5.74, 6) is 0.594. The predicted molar refractivity (Wildman–Crippen MR) is 70.5 cm³/mol. The van der Waals surface area contributed by atoms with Gasteiger partial charge in [0.25, 0.3) is 0 Å². The second kappa shape index (κ2) is 6.83. The van der Waals surface area contributed by atoms with E-state index in [-0.39, 0.29) is 11.8 Å². The Hall–Kier alpha value is -0.780. The Morgan fingerprint density at radius 3 is 2.71 bits per heavy atom. The first kappa shape index (κ1) is 14.3. The Labute approximate surface area is 110 Å². The molecule has 1 rings (SSSR count). The zero-order chi connectivity index (χ0) is 12.8. The zero-order valence-corrected chi connectivity index (χ0v) is 11.9. The van der Waals surface area contributed by atoms with Gasteiger partial charge in [-0.25, -0.2) is 0 Å². The highest BCUT2D eigenvalue weighted by atomic mass is 79.9. The van der Waals surface area contributed by atoms with Gasteiger partial charge in [-0.05, 0) is 40.5 Å². The Balaban J connectivity index is 2.68. The van der Waals surface area contributed by atoms with Crippen molar-refractivity contribution in [3.63, 3.8) is 0 Å². The highest BCUT2D eigenvalue weighted by molar-refractivity contribution is 9.10. The van der Waals surface area contributed by atoms with E-state index in [1.165, 1.54) is 7.11 Å². The van der Waals surface area contributed by atoms with Crippen molar-refractivity contribution in [2.24, 2.45) is 0 Å². The van der Waals surface area contributed by atoms with Crippen molar-refractivity contribution >= 4 is 15.9 Å². The van der Waals surface area contributed by atoms with Crippen LogP contribution in [0.5, 0.6) is 11.5 Å². The minimum atomic E-state index is 0.126. The molecule has 0 fully saturated rings. The van der Waals surface area contributed by atoms with Crippen LogP contribution in [0.2, 0.25) is 0 Å². The summed E-state index contributed by atoms with van der Waals surface area (Å²) < 4.78 is 10.8. The first-order valence-corrected chi connectivity index (χ1v) is 6.15. The Morgan fingerprint density at radius 1 is 1.41 bits per heavy atom. The molecule has 0 aliphatic rings. The fourth-order valence-corrected chi connectivity index (χ4v) is 1.98. The summed E-state index contributed by atoms with van der Waals surface area (Å²) in [6.07, 6.45) is 0. The molecule has 1 aromatic rings. The van der Waals surface area contributed by atoms with Crippen molar-refractivity contribution in [3.8, 4) is 11.5 Å². The van der Waals surface area contributed by atoms with Gasteiger partial charge >= 0.3 is 0 Å². The van der Waals surface area contributed by atoms with Crippen LogP contribution in [0.25, 0.3) is 0 Å². The average Bonchev–Trinajstić information content (AvgIpc) is 2.31. The van der Waals surface area contributed by atoms with Crippen LogP contribution in [0.1, 0.15) is 12.5 Å². The van der Waals surface area contributed by atoms with Crippen LogP contribution in [0, 0.1) is 0 Å². The van der Waals surface area contributed by atoms with Crippen molar-refractivity contribution < 1.29 is 14.6 Å². The quantitative estimate of drug-likeness (QED) is 0.846. The van der Waals surface area contributed by atoms with E-state index >= 15 is 0 Å². The second-order valence-corrected chi connectivity index (χ2v) is 4.72. The van der Waals surface area contributed by atoms with Crippen LogP contribution in [-0.2, 0) is 11.3 Å². The molecule has 1 aromatic carbocycles. The summed E-state index contributed by atoms with van der Waals surface area (Å²) in [5, 5.41) is 13.0. The molecular formula is C12H18BrNO3. The maximum Gasteiger partial charge on any atom is 0.172 e. The Morgan fingerprint density at radius 2 is 2.12 bits per heavy atom. The molecule has 0 aromatic heterocycles. The van der Waals surface area contributed by atoms with Crippen LogP contribution in [0.4, 0.5) is 0 Å². The fraction of sp³-hybridized carbons (Fsp3) is 0.500. The van der Waals surface area contributed by atoms with Crippen LogP contribution < -0.4 is 10.1 Å². The fourth-order valence-electron chi connectivity index (χ4n) is 1.49. The molecule has 2 N–H and O–H groups in total. The Kier molecular flexibility index (Phi) is 5.74. The predicted octanol–water partition coefficient (Wildman–Crippen LogP) is 2.29. The van der Waals surface area contributed by atoms with Gasteiger partial charge in [0, 0.05) is 19.7 Å². The molecule has 0 amide bonds. The lowest BCUT2D eigenvalue weighted by molar-refractivity contribution is 0.171. The second-order valence-electron chi connectivity index (χ2n) is 3.87. The number of phenols is 1. The third kappa shape index (κ3) is 4.18. The number of hydrogen-bond acceptors (Lipinski definition) is 4. The van der Waals surface area contributed by atoms with Gasteiger partial charge in [0.05, 0.1) is 18.2 Å². The summed E-state index contributed by atoms with van der Waals surface area (Å²) in [6.45, 7) is 3.41. The SMILES string of the molecule is COCC(C)NCc1cc(Br)c(O)c(OC)c1. The monoisotopic (exact) mass is 303 g/mol. The van der Waals surface area contributed by atoms with Crippen LogP contribution in [0.15, 0.2) is 16.6 Å². The van der Waals surface area contributed by atoms with E-state index in [0.717, 1.165) is 5.56 Å². The van der Waals surface area contributed by atoms with Gasteiger partial charge < -0.3 is 19.9 Å². The number of halogens is 1. The maximum absolute atomic E-state index is 9.67. The van der Waals surface area contributed by atoms with Crippen molar-refractivity contribution in [2.45, 2.75) is 19.5 Å². The van der Waals surface area contributed by atoms with Crippen molar-refractivity contribution in [1.82, 2.24) is 5.32 Å². The number of ether oxygens (including phenoxy) is 2. The van der Waals surface area contributed by atoms with E-state index in [1.807, 2.05) is 12.1 Å². The molecule has 0 heterocycles. The van der Waals surface area contributed by atoms with E-state index in [1.54, 1.807) is 7.11 Å². The molecule has 17 heavy (non-hydrogen) atoms. The van der Waals surface area contributed by atoms with Crippen molar-refractivity contribution in [2.75, 3.05) is 20.8 Å². The molecule has 0 aliphatic heterocycles. The smallest absolute Gasteiger partial charge is 0.172 e. The highest BCUT2D eigenvalue weighted by Crippen LogP contribution is 2.35. The molecule has 5 heteroatoms. The zero-order valence-electron chi connectivity index (χ0n) is 10.3. The van der Waals surface area contributed by atoms with E-state index in [4.69, 9.17) is 9.47 Å². The lowest BCUT2D eigenvalue weighted by Gasteiger charge is -2.14. The van der Waals surface area contributed by atoms with E-state index in [0.29, 0.717) is 23.4 Å². The number of rotatable bonds is 6. The molecule has 0 aliphatic carbocycles. The summed E-state index contributed by atoms with van der Waals surface area (Å²) in [4.78, 5) is 0. The normalized spacial score (nSPS) is 12.5. The first-order valence-electron chi connectivity index (χ1n) is 5.36. The third-order valence-electron chi connectivity index (χ3n) is 2.38. The van der Waals surface area contributed by atoms with Gasteiger partial charge in [0.15, 0.2) is 11.5 Å². The van der Waals surface area contributed by atoms with Gasteiger partial charge in [0.2, 0.25) is 0 Å². The van der Waals surface area contributed by atoms with Crippen molar-refractivity contribution in [3.05, 3.63) is 22.2 Å². The molecule has 4 nitrogen and oxygen atoms in total. The van der Waals surface area contributed by atoms with E-state index in [2.05, 4.69) is 28.2 Å². The summed E-state index contributed by atoms with van der Waals surface area (Å²) in [7, 11) is 3.21. The molecule has 0 bridgehead atoms. The lowest BCUT2D eigenvalue weighted by atomic mass is 10.2. The minimum Gasteiger partial charge on any atom is -0.503 e. The molecule has 1 atom stereocenters. The molecular weight excluding hydrogens is 286 g/mol. The largest absolute Gasteiger partial charge is 0.503 e. The standard InChI is InChI=1S/C12H18BrNO3/c1-8(7-16-2)14-6-9-4-10(13)12(15)11(5-9)17-3/h4-5,8,14-15H,6-7H2,1-3H3. The lowest BCUT2D eigenvalue weighted by Crippen LogP contribution is -2.29. The molecule has 0 radical (unpaired) electrons. The van der Waals surface area contributed by atoms with Gasteiger partial charge in [-0.1, -0.05) is 0 Å². The number of phenolic OH excluding ortho intramolecular Hbond substituents is 1. The summed E-state index contributed by atoms with van der Waals surface area (Å²) in [6, 6.07) is 3.95. The number of aromatic hydroxyl groups is 1. The minimum absolute atomic E-state index is 0.126. The first-order chi connectivity index (χ1) is 8.08. The molecule has 0 saturated carbocycles. The molecule has 0 saturated heterocycles. The van der Waals surface area contributed by atoms with Gasteiger partial charge in [-0.3, -0.25) is 0 Å². The van der Waals surface area contributed by atoms with Crippen LogP contribution in [0.3, 0.4) is 0 Å².